The summed E-state index contributed by atoms with van der Waals surface area (Å²) in [6.07, 6.45) is 0. The highest BCUT2D eigenvalue weighted by Gasteiger charge is 2.25. The molecular formula is C10H16O2. The lowest BCUT2D eigenvalue weighted by atomic mass is 9.95. The van der Waals surface area contributed by atoms with Gasteiger partial charge in [0.15, 0.2) is 0 Å². The Morgan fingerprint density at radius 2 is 1.75 bits per heavy atom. The van der Waals surface area contributed by atoms with Crippen molar-refractivity contribution < 1.29 is 9.47 Å². The molecule has 0 aromatic carbocycles. The highest BCUT2D eigenvalue weighted by molar-refractivity contribution is 5.11. The molecule has 0 bridgehead atoms. The SMILES string of the molecule is C=C1OC(C)=C(C(C)C(C)C)O1. The second kappa shape index (κ2) is 3.21. The third-order valence-electron chi connectivity index (χ3n) is 2.25. The minimum absolute atomic E-state index is 0.393. The Kier molecular flexibility index (Phi) is 2.46. The molecule has 1 unspecified atom stereocenters. The van der Waals surface area contributed by atoms with E-state index < -0.39 is 0 Å². The summed E-state index contributed by atoms with van der Waals surface area (Å²) in [5.41, 5.74) is 0. The van der Waals surface area contributed by atoms with Crippen molar-refractivity contribution >= 4 is 0 Å². The Hall–Kier alpha value is -0.920. The number of hydrogen-bond acceptors (Lipinski definition) is 2. The fraction of sp³-hybridized carbons (Fsp3) is 0.600. The zero-order valence-electron chi connectivity index (χ0n) is 8.18. The van der Waals surface area contributed by atoms with Gasteiger partial charge in [-0.2, -0.15) is 0 Å². The van der Waals surface area contributed by atoms with Gasteiger partial charge in [0.2, 0.25) is 0 Å². The van der Waals surface area contributed by atoms with Crippen molar-refractivity contribution in [3.8, 4) is 0 Å². The van der Waals surface area contributed by atoms with Gasteiger partial charge in [-0.15, -0.1) is 0 Å². The van der Waals surface area contributed by atoms with Crippen LogP contribution in [0.5, 0.6) is 0 Å². The van der Waals surface area contributed by atoms with Gasteiger partial charge in [-0.1, -0.05) is 20.8 Å². The van der Waals surface area contributed by atoms with Crippen molar-refractivity contribution in [1.29, 1.82) is 0 Å². The van der Waals surface area contributed by atoms with E-state index in [1.165, 1.54) is 0 Å². The third-order valence-corrected chi connectivity index (χ3v) is 2.25. The van der Waals surface area contributed by atoms with E-state index in [-0.39, 0.29) is 0 Å². The molecule has 1 heterocycles. The van der Waals surface area contributed by atoms with Crippen molar-refractivity contribution in [2.45, 2.75) is 27.7 Å². The lowest BCUT2D eigenvalue weighted by Crippen LogP contribution is -2.08. The summed E-state index contributed by atoms with van der Waals surface area (Å²) < 4.78 is 10.6. The lowest BCUT2D eigenvalue weighted by Gasteiger charge is -2.14. The first-order valence-electron chi connectivity index (χ1n) is 4.27. The van der Waals surface area contributed by atoms with Crippen LogP contribution >= 0.6 is 0 Å². The lowest BCUT2D eigenvalue weighted by molar-refractivity contribution is 0.163. The summed E-state index contributed by atoms with van der Waals surface area (Å²) >= 11 is 0. The summed E-state index contributed by atoms with van der Waals surface area (Å²) in [7, 11) is 0. The van der Waals surface area contributed by atoms with Crippen LogP contribution in [0.1, 0.15) is 27.7 Å². The van der Waals surface area contributed by atoms with Crippen LogP contribution < -0.4 is 0 Å². The van der Waals surface area contributed by atoms with Crippen LogP contribution in [0.15, 0.2) is 24.0 Å². The molecule has 1 rings (SSSR count). The molecule has 1 aliphatic heterocycles. The van der Waals surface area contributed by atoms with Crippen LogP contribution in [-0.2, 0) is 9.47 Å². The molecule has 2 heteroatoms. The van der Waals surface area contributed by atoms with E-state index in [1.54, 1.807) is 0 Å². The maximum atomic E-state index is 5.36. The molecule has 0 aliphatic carbocycles. The van der Waals surface area contributed by atoms with Gasteiger partial charge in [0.1, 0.15) is 11.5 Å². The molecular weight excluding hydrogens is 152 g/mol. The van der Waals surface area contributed by atoms with Crippen molar-refractivity contribution in [3.05, 3.63) is 24.0 Å². The van der Waals surface area contributed by atoms with Crippen LogP contribution in [0, 0.1) is 11.8 Å². The second-order valence-electron chi connectivity index (χ2n) is 3.53. The first-order valence-corrected chi connectivity index (χ1v) is 4.27. The monoisotopic (exact) mass is 168 g/mol. The summed E-state index contributed by atoms with van der Waals surface area (Å²) in [4.78, 5) is 0. The Morgan fingerprint density at radius 1 is 1.17 bits per heavy atom. The molecule has 0 saturated carbocycles. The summed E-state index contributed by atoms with van der Waals surface area (Å²) in [6.45, 7) is 12.0. The van der Waals surface area contributed by atoms with Gasteiger partial charge in [-0.3, -0.25) is 0 Å². The normalized spacial score (nSPS) is 19.6. The minimum atomic E-state index is 0.393. The first kappa shape index (κ1) is 9.17. The van der Waals surface area contributed by atoms with Crippen molar-refractivity contribution in [3.63, 3.8) is 0 Å². The molecule has 12 heavy (non-hydrogen) atoms. The smallest absolute Gasteiger partial charge is 0.282 e. The van der Waals surface area contributed by atoms with E-state index in [1.807, 2.05) is 6.92 Å². The maximum absolute atomic E-state index is 5.36. The van der Waals surface area contributed by atoms with Crippen molar-refractivity contribution in [1.82, 2.24) is 0 Å². The number of hydrogen-bond donors (Lipinski definition) is 0. The van der Waals surface area contributed by atoms with Crippen LogP contribution in [0.4, 0.5) is 0 Å². The van der Waals surface area contributed by atoms with E-state index in [0.717, 1.165) is 11.5 Å². The second-order valence-corrected chi connectivity index (χ2v) is 3.53. The number of allylic oxidation sites excluding steroid dienone is 2. The van der Waals surface area contributed by atoms with Crippen molar-refractivity contribution in [2.75, 3.05) is 0 Å². The molecule has 0 radical (unpaired) electrons. The minimum Gasteiger partial charge on any atom is -0.428 e. The van der Waals surface area contributed by atoms with Crippen LogP contribution in [0.3, 0.4) is 0 Å². The zero-order chi connectivity index (χ0) is 9.30. The molecule has 0 N–H and O–H groups in total. The van der Waals surface area contributed by atoms with Gasteiger partial charge in [0, 0.05) is 5.92 Å². The van der Waals surface area contributed by atoms with Gasteiger partial charge in [-0.05, 0) is 19.4 Å². The Morgan fingerprint density at radius 3 is 2.08 bits per heavy atom. The van der Waals surface area contributed by atoms with Gasteiger partial charge < -0.3 is 9.47 Å². The maximum Gasteiger partial charge on any atom is 0.282 e. The van der Waals surface area contributed by atoms with Gasteiger partial charge in [0.25, 0.3) is 5.95 Å². The van der Waals surface area contributed by atoms with E-state index in [2.05, 4.69) is 27.4 Å². The van der Waals surface area contributed by atoms with Gasteiger partial charge in [-0.25, -0.2) is 0 Å². The van der Waals surface area contributed by atoms with Crippen LogP contribution in [-0.4, -0.2) is 0 Å². The van der Waals surface area contributed by atoms with E-state index in [4.69, 9.17) is 9.47 Å². The highest BCUT2D eigenvalue weighted by Crippen LogP contribution is 2.32. The zero-order valence-corrected chi connectivity index (χ0v) is 8.18. The van der Waals surface area contributed by atoms with Crippen molar-refractivity contribution in [2.24, 2.45) is 11.8 Å². The Labute approximate surface area is 73.9 Å². The summed E-state index contributed by atoms with van der Waals surface area (Å²) in [5, 5.41) is 0. The molecule has 0 saturated heterocycles. The molecule has 68 valence electrons. The van der Waals surface area contributed by atoms with E-state index >= 15 is 0 Å². The molecule has 1 aliphatic rings. The summed E-state index contributed by atoms with van der Waals surface area (Å²) in [5.74, 6) is 3.12. The van der Waals surface area contributed by atoms with E-state index in [9.17, 15) is 0 Å². The Balaban J connectivity index is 2.75. The van der Waals surface area contributed by atoms with Crippen LogP contribution in [0.2, 0.25) is 0 Å². The molecule has 0 spiro atoms. The molecule has 1 atom stereocenters. The fourth-order valence-corrected chi connectivity index (χ4v) is 1.15. The molecule has 0 fully saturated rings. The van der Waals surface area contributed by atoms with Gasteiger partial charge in [0.05, 0.1) is 0 Å². The van der Waals surface area contributed by atoms with Gasteiger partial charge >= 0.3 is 0 Å². The average molecular weight is 168 g/mol. The first-order chi connectivity index (χ1) is 5.52. The number of ether oxygens (including phenoxy) is 2. The highest BCUT2D eigenvalue weighted by atomic mass is 16.7. The largest absolute Gasteiger partial charge is 0.428 e. The summed E-state index contributed by atoms with van der Waals surface area (Å²) in [6, 6.07) is 0. The standard InChI is InChI=1S/C10H16O2/c1-6(2)7(3)10-8(4)11-9(5)12-10/h6-7H,5H2,1-4H3. The quantitative estimate of drug-likeness (QED) is 0.631. The molecule has 0 amide bonds. The third kappa shape index (κ3) is 1.63. The van der Waals surface area contributed by atoms with E-state index in [0.29, 0.717) is 17.8 Å². The molecule has 0 aromatic heterocycles. The molecule has 2 nitrogen and oxygen atoms in total. The average Bonchev–Trinajstić information content (AvgIpc) is 2.28. The topological polar surface area (TPSA) is 18.5 Å². The predicted molar refractivity (Wildman–Crippen MR) is 48.0 cm³/mol. The number of rotatable bonds is 2. The van der Waals surface area contributed by atoms with Crippen LogP contribution in [0.25, 0.3) is 0 Å². The fourth-order valence-electron chi connectivity index (χ4n) is 1.15. The molecule has 0 aromatic rings. The Bertz CT molecular complexity index is 226. The predicted octanol–water partition coefficient (Wildman–Crippen LogP) is 3.03.